The summed E-state index contributed by atoms with van der Waals surface area (Å²) in [6.45, 7) is -1.08. The van der Waals surface area contributed by atoms with Crippen LogP contribution in [0.5, 0.6) is 0 Å². The molecule has 0 unspecified atom stereocenters. The first kappa shape index (κ1) is 18.3. The molecule has 1 saturated heterocycles. The van der Waals surface area contributed by atoms with Gasteiger partial charge in [0.1, 0.15) is 12.2 Å². The summed E-state index contributed by atoms with van der Waals surface area (Å²) in [5.41, 5.74) is -1.63. The third-order valence-electron chi connectivity index (χ3n) is 3.45. The van der Waals surface area contributed by atoms with Gasteiger partial charge in [0.05, 0.1) is 25.7 Å². The van der Waals surface area contributed by atoms with Gasteiger partial charge in [0, 0.05) is 12.3 Å². The van der Waals surface area contributed by atoms with Crippen LogP contribution in [-0.4, -0.2) is 63.2 Å². The highest BCUT2D eigenvalue weighted by atomic mass is 16.8. The lowest BCUT2D eigenvalue weighted by Crippen LogP contribution is -2.53. The number of hydrogen-bond donors (Lipinski definition) is 4. The average molecular weight is 343 g/mol. The van der Waals surface area contributed by atoms with Crippen LogP contribution >= 0.6 is 0 Å². The van der Waals surface area contributed by atoms with Crippen molar-refractivity contribution in [2.75, 3.05) is 20.0 Å². The van der Waals surface area contributed by atoms with Gasteiger partial charge in [0.15, 0.2) is 12.9 Å². The first-order valence-electron chi connectivity index (χ1n) is 7.02. The summed E-state index contributed by atoms with van der Waals surface area (Å²) in [6, 6.07) is 2.85. The van der Waals surface area contributed by atoms with Crippen LogP contribution in [0.2, 0.25) is 0 Å². The van der Waals surface area contributed by atoms with Gasteiger partial charge in [-0.25, -0.2) is 9.36 Å². The predicted molar refractivity (Wildman–Crippen MR) is 75.4 cm³/mol. The van der Waals surface area contributed by atoms with E-state index in [1.807, 2.05) is 11.1 Å². The molecule has 0 bridgehead atoms. The SMILES string of the molecule is N#CCCOCO[C@@]1(n2ccc(=O)[nH]c2=O)O[C@H](CO)[C@@H](O)[C@H]1O. The van der Waals surface area contributed by atoms with Gasteiger partial charge in [-0.05, 0) is 0 Å². The second-order valence-electron chi connectivity index (χ2n) is 4.96. The van der Waals surface area contributed by atoms with Crippen LogP contribution in [0, 0.1) is 11.3 Å². The van der Waals surface area contributed by atoms with Crippen LogP contribution in [0.15, 0.2) is 21.9 Å². The van der Waals surface area contributed by atoms with E-state index in [1.54, 1.807) is 0 Å². The summed E-state index contributed by atoms with van der Waals surface area (Å²) < 4.78 is 16.5. The number of aliphatic hydroxyl groups excluding tert-OH is 3. The Morgan fingerprint density at radius 2 is 2.21 bits per heavy atom. The van der Waals surface area contributed by atoms with Crippen LogP contribution in [0.4, 0.5) is 0 Å². The van der Waals surface area contributed by atoms with Crippen LogP contribution in [0.25, 0.3) is 0 Å². The zero-order valence-electron chi connectivity index (χ0n) is 12.5. The zero-order chi connectivity index (χ0) is 17.7. The highest BCUT2D eigenvalue weighted by Crippen LogP contribution is 2.35. The van der Waals surface area contributed by atoms with Gasteiger partial charge < -0.3 is 29.5 Å². The van der Waals surface area contributed by atoms with Crippen molar-refractivity contribution >= 4 is 0 Å². The fourth-order valence-corrected chi connectivity index (χ4v) is 2.27. The van der Waals surface area contributed by atoms with Crippen molar-refractivity contribution in [1.82, 2.24) is 9.55 Å². The fraction of sp³-hybridized carbons (Fsp3) is 0.615. The van der Waals surface area contributed by atoms with Crippen molar-refractivity contribution in [3.63, 3.8) is 0 Å². The van der Waals surface area contributed by atoms with E-state index < -0.39 is 48.9 Å². The topological polar surface area (TPSA) is 167 Å². The van der Waals surface area contributed by atoms with E-state index in [-0.39, 0.29) is 13.0 Å². The van der Waals surface area contributed by atoms with Gasteiger partial charge >= 0.3 is 5.69 Å². The van der Waals surface area contributed by atoms with Gasteiger partial charge in [0.2, 0.25) is 0 Å². The molecular formula is C13H17N3O8. The molecule has 11 heteroatoms. The molecule has 0 saturated carbocycles. The molecule has 4 N–H and O–H groups in total. The molecule has 0 radical (unpaired) electrons. The van der Waals surface area contributed by atoms with E-state index in [2.05, 4.69) is 0 Å². The minimum Gasteiger partial charge on any atom is -0.394 e. The molecule has 0 spiro atoms. The molecule has 132 valence electrons. The Morgan fingerprint density at radius 3 is 2.79 bits per heavy atom. The number of aromatic nitrogens is 2. The molecule has 1 aliphatic rings. The zero-order valence-corrected chi connectivity index (χ0v) is 12.5. The first-order chi connectivity index (χ1) is 11.5. The van der Waals surface area contributed by atoms with E-state index >= 15 is 0 Å². The number of aliphatic hydroxyl groups is 3. The Hall–Kier alpha value is -2.07. The predicted octanol–water partition coefficient (Wildman–Crippen LogP) is -2.84. The van der Waals surface area contributed by atoms with Gasteiger partial charge in [0.25, 0.3) is 11.5 Å². The number of nitriles is 1. The third-order valence-corrected chi connectivity index (χ3v) is 3.45. The van der Waals surface area contributed by atoms with Crippen LogP contribution in [-0.2, 0) is 20.1 Å². The quantitative estimate of drug-likeness (QED) is 0.301. The summed E-state index contributed by atoms with van der Waals surface area (Å²) in [4.78, 5) is 25.2. The highest BCUT2D eigenvalue weighted by molar-refractivity contribution is 4.97. The lowest BCUT2D eigenvalue weighted by Gasteiger charge is -2.32. The van der Waals surface area contributed by atoms with Crippen molar-refractivity contribution in [2.45, 2.75) is 30.6 Å². The third kappa shape index (κ3) is 3.39. The van der Waals surface area contributed by atoms with Gasteiger partial charge in [-0.2, -0.15) is 5.26 Å². The monoisotopic (exact) mass is 343 g/mol. The van der Waals surface area contributed by atoms with Gasteiger partial charge in [-0.1, -0.05) is 0 Å². The van der Waals surface area contributed by atoms with Crippen LogP contribution < -0.4 is 11.2 Å². The van der Waals surface area contributed by atoms with Crippen molar-refractivity contribution < 1.29 is 29.5 Å². The summed E-state index contributed by atoms with van der Waals surface area (Å²) in [7, 11) is 0. The number of ether oxygens (including phenoxy) is 3. The van der Waals surface area contributed by atoms with Crippen LogP contribution in [0.1, 0.15) is 6.42 Å². The number of H-pyrrole nitrogens is 1. The first-order valence-corrected chi connectivity index (χ1v) is 7.02. The fourth-order valence-electron chi connectivity index (χ4n) is 2.27. The molecule has 24 heavy (non-hydrogen) atoms. The molecular weight excluding hydrogens is 326 g/mol. The number of hydrogen-bond acceptors (Lipinski definition) is 9. The Kier molecular flexibility index (Phi) is 5.84. The molecule has 1 fully saturated rings. The molecule has 2 heterocycles. The molecule has 0 aromatic carbocycles. The molecule has 1 aliphatic heterocycles. The van der Waals surface area contributed by atoms with E-state index in [1.165, 1.54) is 0 Å². The number of rotatable bonds is 7. The molecule has 0 aliphatic carbocycles. The summed E-state index contributed by atoms with van der Waals surface area (Å²) in [6.07, 6.45) is -3.41. The number of aromatic amines is 1. The molecule has 0 amide bonds. The minimum absolute atomic E-state index is 0.0369. The Morgan fingerprint density at radius 1 is 1.46 bits per heavy atom. The second-order valence-corrected chi connectivity index (χ2v) is 4.96. The number of nitrogens with zero attached hydrogens (tertiary/aromatic N) is 2. The molecule has 1 aromatic heterocycles. The molecule has 1 aromatic rings. The Labute approximate surface area is 135 Å². The standard InChI is InChI=1S/C13H17N3O8/c14-3-1-5-22-7-23-13(11(20)10(19)8(6-17)24-13)16-4-2-9(18)15-12(16)21/h2,4,8,10-11,17,19-20H,1,5-7H2,(H,15,18,21)/t8-,10-,11-,13-/m1/s1. The molecule has 4 atom stereocenters. The van der Waals surface area contributed by atoms with Crippen molar-refractivity contribution in [2.24, 2.45) is 0 Å². The minimum atomic E-state index is -2.21. The molecule has 11 nitrogen and oxygen atoms in total. The second kappa shape index (κ2) is 7.67. The van der Waals surface area contributed by atoms with Crippen molar-refractivity contribution in [3.05, 3.63) is 33.1 Å². The normalized spacial score (nSPS) is 29.5. The summed E-state index contributed by atoms with van der Waals surface area (Å²) in [5.74, 6) is -2.21. The lowest BCUT2D eigenvalue weighted by molar-refractivity contribution is -0.342. The lowest BCUT2D eigenvalue weighted by atomic mass is 10.1. The van der Waals surface area contributed by atoms with Crippen LogP contribution in [0.3, 0.4) is 0 Å². The maximum Gasteiger partial charge on any atom is 0.332 e. The average Bonchev–Trinajstić information content (AvgIpc) is 2.80. The maximum atomic E-state index is 12.0. The highest BCUT2D eigenvalue weighted by Gasteiger charge is 2.57. The summed E-state index contributed by atoms with van der Waals surface area (Å²) in [5, 5.41) is 37.9. The largest absolute Gasteiger partial charge is 0.394 e. The van der Waals surface area contributed by atoms with E-state index in [9.17, 15) is 24.9 Å². The summed E-state index contributed by atoms with van der Waals surface area (Å²) >= 11 is 0. The smallest absolute Gasteiger partial charge is 0.332 e. The Bertz CT molecular complexity index is 710. The van der Waals surface area contributed by atoms with Crippen molar-refractivity contribution in [3.8, 4) is 6.07 Å². The van der Waals surface area contributed by atoms with E-state index in [0.717, 1.165) is 16.8 Å². The number of nitrogens with one attached hydrogen (secondary N) is 1. The molecule has 2 rings (SSSR count). The van der Waals surface area contributed by atoms with Gasteiger partial charge in [-0.3, -0.25) is 9.78 Å². The van der Waals surface area contributed by atoms with Gasteiger partial charge in [-0.15, -0.1) is 0 Å². The van der Waals surface area contributed by atoms with E-state index in [4.69, 9.17) is 19.5 Å². The maximum absolute atomic E-state index is 12.0. The Balaban J connectivity index is 2.33. The van der Waals surface area contributed by atoms with Crippen molar-refractivity contribution in [1.29, 1.82) is 5.26 Å². The van der Waals surface area contributed by atoms with E-state index in [0.29, 0.717) is 0 Å².